The van der Waals surface area contributed by atoms with E-state index in [4.69, 9.17) is 14.7 Å². The molecule has 7 nitrogen and oxygen atoms in total. The first-order valence-electron chi connectivity index (χ1n) is 7.50. The van der Waals surface area contributed by atoms with Crippen LogP contribution in [0, 0.1) is 11.3 Å². The van der Waals surface area contributed by atoms with Gasteiger partial charge in [0.05, 0.1) is 18.7 Å². The van der Waals surface area contributed by atoms with Gasteiger partial charge in [-0.05, 0) is 31.5 Å². The summed E-state index contributed by atoms with van der Waals surface area (Å²) in [4.78, 5) is 26.0. The van der Waals surface area contributed by atoms with E-state index < -0.39 is 12.0 Å². The molecule has 1 N–H and O–H groups in total. The fourth-order valence-corrected chi connectivity index (χ4v) is 2.66. The van der Waals surface area contributed by atoms with E-state index in [0.717, 1.165) is 5.56 Å². The predicted molar refractivity (Wildman–Crippen MR) is 85.9 cm³/mol. The lowest BCUT2D eigenvalue weighted by atomic mass is 9.95. The molecule has 1 atom stereocenters. The Labute approximate surface area is 140 Å². The fourth-order valence-electron chi connectivity index (χ4n) is 2.66. The molecule has 1 aliphatic rings. The summed E-state index contributed by atoms with van der Waals surface area (Å²) in [6.45, 7) is 3.97. The minimum absolute atomic E-state index is 0.0443. The third-order valence-electron chi connectivity index (χ3n) is 3.83. The highest BCUT2D eigenvalue weighted by Crippen LogP contribution is 2.31. The predicted octanol–water partition coefficient (Wildman–Crippen LogP) is 2.12. The molecule has 0 aliphatic carbocycles. The molecule has 0 unspecified atom stereocenters. The third kappa shape index (κ3) is 3.33. The van der Waals surface area contributed by atoms with E-state index in [2.05, 4.69) is 5.32 Å². The summed E-state index contributed by atoms with van der Waals surface area (Å²) in [5.74, 6) is 0.0543. The molecule has 0 bridgehead atoms. The van der Waals surface area contributed by atoms with Crippen molar-refractivity contribution in [2.45, 2.75) is 19.9 Å². The van der Waals surface area contributed by atoms with Crippen LogP contribution in [0.3, 0.4) is 0 Å². The van der Waals surface area contributed by atoms with Gasteiger partial charge in [-0.1, -0.05) is 12.1 Å². The summed E-state index contributed by atoms with van der Waals surface area (Å²) >= 11 is 0. The molecular weight excluding hydrogens is 310 g/mol. The summed E-state index contributed by atoms with van der Waals surface area (Å²) < 4.78 is 10.1. The summed E-state index contributed by atoms with van der Waals surface area (Å²) in [7, 11) is 1.31. The molecule has 0 saturated heterocycles. The lowest BCUT2D eigenvalue weighted by molar-refractivity contribution is -0.136. The van der Waals surface area contributed by atoms with E-state index in [0.29, 0.717) is 23.6 Å². The number of allylic oxidation sites excluding steroid dienone is 1. The lowest BCUT2D eigenvalue weighted by Crippen LogP contribution is -2.47. The fraction of sp³-hybridized carbons (Fsp3) is 0.353. The molecule has 2 amide bonds. The number of hydrogen-bond donors (Lipinski definition) is 1. The van der Waals surface area contributed by atoms with E-state index in [1.54, 1.807) is 31.2 Å². The first-order chi connectivity index (χ1) is 11.5. The number of ether oxygens (including phenoxy) is 2. The number of methoxy groups -OCH3 is 1. The molecule has 1 aromatic carbocycles. The van der Waals surface area contributed by atoms with Crippen molar-refractivity contribution in [3.63, 3.8) is 0 Å². The van der Waals surface area contributed by atoms with Gasteiger partial charge in [-0.3, -0.25) is 4.90 Å². The van der Waals surface area contributed by atoms with Gasteiger partial charge < -0.3 is 14.8 Å². The van der Waals surface area contributed by atoms with Gasteiger partial charge >= 0.3 is 12.0 Å². The largest absolute Gasteiger partial charge is 0.479 e. The number of nitrogens with one attached hydrogen (secondary N) is 1. The molecule has 0 aromatic heterocycles. The summed E-state index contributed by atoms with van der Waals surface area (Å²) in [6.07, 6.45) is 0. The second kappa shape index (κ2) is 7.51. The van der Waals surface area contributed by atoms with Crippen molar-refractivity contribution < 1.29 is 19.1 Å². The number of amides is 2. The Kier molecular flexibility index (Phi) is 5.42. The molecule has 1 aromatic rings. The number of nitrogens with zero attached hydrogens (tertiary/aromatic N) is 2. The molecule has 24 heavy (non-hydrogen) atoms. The van der Waals surface area contributed by atoms with Crippen LogP contribution in [0.25, 0.3) is 0 Å². The van der Waals surface area contributed by atoms with Gasteiger partial charge in [-0.2, -0.15) is 5.26 Å². The highest BCUT2D eigenvalue weighted by molar-refractivity contribution is 5.94. The van der Waals surface area contributed by atoms with Crippen molar-refractivity contribution in [2.24, 2.45) is 0 Å². The minimum Gasteiger partial charge on any atom is -0.479 e. The van der Waals surface area contributed by atoms with Crippen molar-refractivity contribution in [1.29, 1.82) is 5.26 Å². The van der Waals surface area contributed by atoms with Gasteiger partial charge in [0.25, 0.3) is 0 Å². The molecule has 2 rings (SSSR count). The van der Waals surface area contributed by atoms with Crippen molar-refractivity contribution in [2.75, 3.05) is 20.3 Å². The van der Waals surface area contributed by atoms with Crippen molar-refractivity contribution >= 4 is 12.0 Å². The maximum absolute atomic E-state index is 12.3. The molecular formula is C17H19N3O4. The number of esters is 1. The maximum atomic E-state index is 12.3. The van der Waals surface area contributed by atoms with Crippen LogP contribution in [0.4, 0.5) is 4.79 Å². The number of carbonyl (C=O) groups is 2. The normalized spacial score (nSPS) is 17.2. The topological polar surface area (TPSA) is 91.7 Å². The van der Waals surface area contributed by atoms with Crippen molar-refractivity contribution in [1.82, 2.24) is 10.2 Å². The first-order valence-corrected chi connectivity index (χ1v) is 7.50. The number of rotatable bonds is 5. The van der Waals surface area contributed by atoms with Crippen LogP contribution in [-0.4, -0.2) is 37.2 Å². The van der Waals surface area contributed by atoms with Crippen LogP contribution in [0.5, 0.6) is 5.75 Å². The van der Waals surface area contributed by atoms with E-state index in [-0.39, 0.29) is 12.6 Å². The zero-order valence-corrected chi connectivity index (χ0v) is 13.8. The number of hydrogen-bond acceptors (Lipinski definition) is 5. The van der Waals surface area contributed by atoms with Crippen LogP contribution < -0.4 is 10.1 Å². The third-order valence-corrected chi connectivity index (χ3v) is 3.83. The van der Waals surface area contributed by atoms with Crippen LogP contribution in [0.15, 0.2) is 35.5 Å². The van der Waals surface area contributed by atoms with Gasteiger partial charge in [0.1, 0.15) is 11.8 Å². The minimum atomic E-state index is -0.599. The average Bonchev–Trinajstić information content (AvgIpc) is 2.59. The second-order valence-electron chi connectivity index (χ2n) is 5.13. The van der Waals surface area contributed by atoms with Crippen LogP contribution in [0.2, 0.25) is 0 Å². The standard InChI is InChI=1S/C17H19N3O4/c1-4-20-11(2)14(16(21)23-3)15(19-17(20)22)12-5-7-13(8-6-12)24-10-9-18/h5-8,15H,4,10H2,1-3H3,(H,19,22)/t15-/m0/s1. The smallest absolute Gasteiger partial charge is 0.337 e. The summed E-state index contributed by atoms with van der Waals surface area (Å²) in [6, 6.07) is 7.90. The van der Waals surface area contributed by atoms with E-state index in [9.17, 15) is 9.59 Å². The SMILES string of the molecule is CCN1C(=O)N[C@@H](c2ccc(OCC#N)cc2)C(C(=O)OC)=C1C. The monoisotopic (exact) mass is 329 g/mol. The second-order valence-corrected chi connectivity index (χ2v) is 5.13. The molecule has 1 aliphatic heterocycles. The van der Waals surface area contributed by atoms with E-state index in [1.165, 1.54) is 12.0 Å². The molecule has 0 radical (unpaired) electrons. The van der Waals surface area contributed by atoms with Gasteiger partial charge in [0.15, 0.2) is 6.61 Å². The Morgan fingerprint density at radius 1 is 1.38 bits per heavy atom. The molecule has 0 saturated carbocycles. The van der Waals surface area contributed by atoms with Crippen LogP contribution >= 0.6 is 0 Å². The lowest BCUT2D eigenvalue weighted by Gasteiger charge is -2.34. The maximum Gasteiger partial charge on any atom is 0.337 e. The van der Waals surface area contributed by atoms with E-state index in [1.807, 2.05) is 13.0 Å². The Morgan fingerprint density at radius 3 is 2.58 bits per heavy atom. The molecule has 1 heterocycles. The van der Waals surface area contributed by atoms with Crippen molar-refractivity contribution in [3.8, 4) is 11.8 Å². The zero-order valence-electron chi connectivity index (χ0n) is 13.8. The van der Waals surface area contributed by atoms with Gasteiger partial charge in [-0.25, -0.2) is 9.59 Å². The Bertz CT molecular complexity index is 704. The average molecular weight is 329 g/mol. The Morgan fingerprint density at radius 2 is 2.04 bits per heavy atom. The van der Waals surface area contributed by atoms with Gasteiger partial charge in [0.2, 0.25) is 0 Å². The molecule has 126 valence electrons. The molecule has 0 spiro atoms. The summed E-state index contributed by atoms with van der Waals surface area (Å²) in [5.41, 5.74) is 1.69. The zero-order chi connectivity index (χ0) is 17.7. The number of carbonyl (C=O) groups excluding carboxylic acids is 2. The first kappa shape index (κ1) is 17.3. The van der Waals surface area contributed by atoms with Gasteiger partial charge in [0, 0.05) is 12.2 Å². The number of benzene rings is 1. The summed E-state index contributed by atoms with van der Waals surface area (Å²) in [5, 5.41) is 11.4. The quantitative estimate of drug-likeness (QED) is 0.836. The number of urea groups is 1. The van der Waals surface area contributed by atoms with Crippen LogP contribution in [0.1, 0.15) is 25.5 Å². The van der Waals surface area contributed by atoms with E-state index >= 15 is 0 Å². The molecule has 0 fully saturated rings. The highest BCUT2D eigenvalue weighted by atomic mass is 16.5. The van der Waals surface area contributed by atoms with Crippen molar-refractivity contribution in [3.05, 3.63) is 41.1 Å². The number of nitriles is 1. The van der Waals surface area contributed by atoms with Crippen LogP contribution in [-0.2, 0) is 9.53 Å². The van der Waals surface area contributed by atoms with Gasteiger partial charge in [-0.15, -0.1) is 0 Å². The Balaban J connectivity index is 2.39. The highest BCUT2D eigenvalue weighted by Gasteiger charge is 2.35. The molecule has 7 heteroatoms. The Hall–Kier alpha value is -3.01.